The summed E-state index contributed by atoms with van der Waals surface area (Å²) in [7, 11) is 0. The third-order valence-electron chi connectivity index (χ3n) is 1.75. The van der Waals surface area contributed by atoms with Crippen molar-refractivity contribution in [3.8, 4) is 0 Å². The van der Waals surface area contributed by atoms with Crippen LogP contribution >= 0.6 is 27.3 Å². The van der Waals surface area contributed by atoms with Gasteiger partial charge in [0.25, 0.3) is 5.91 Å². The largest absolute Gasteiger partial charge is 0.351 e. The number of aromatic nitrogens is 1. The van der Waals surface area contributed by atoms with Gasteiger partial charge in [-0.2, -0.15) is 0 Å². The fourth-order valence-electron chi connectivity index (χ4n) is 1.20. The van der Waals surface area contributed by atoms with Crippen LogP contribution in [0.1, 0.15) is 21.8 Å². The molecule has 2 rings (SSSR count). The van der Waals surface area contributed by atoms with Crippen molar-refractivity contribution in [1.82, 2.24) is 10.3 Å². The SMILES string of the molecule is O=C1NCCCc2sc(Br)nc21. The Kier molecular flexibility index (Phi) is 2.14. The van der Waals surface area contributed by atoms with E-state index in [4.69, 9.17) is 0 Å². The van der Waals surface area contributed by atoms with Gasteiger partial charge < -0.3 is 5.32 Å². The van der Waals surface area contributed by atoms with E-state index in [-0.39, 0.29) is 5.91 Å². The van der Waals surface area contributed by atoms with Gasteiger partial charge in [-0.3, -0.25) is 4.79 Å². The van der Waals surface area contributed by atoms with Crippen LogP contribution < -0.4 is 5.32 Å². The summed E-state index contributed by atoms with van der Waals surface area (Å²) in [6.07, 6.45) is 1.96. The zero-order valence-corrected chi connectivity index (χ0v) is 8.67. The molecule has 0 saturated heterocycles. The van der Waals surface area contributed by atoms with Crippen LogP contribution in [-0.2, 0) is 6.42 Å². The Morgan fingerprint density at radius 3 is 3.25 bits per heavy atom. The van der Waals surface area contributed by atoms with Gasteiger partial charge in [0, 0.05) is 11.4 Å². The van der Waals surface area contributed by atoms with Gasteiger partial charge in [0.2, 0.25) is 0 Å². The molecule has 1 N–H and O–H groups in total. The molecule has 1 aromatic heterocycles. The molecule has 5 heteroatoms. The second-order valence-corrected chi connectivity index (χ2v) is 4.96. The number of nitrogens with zero attached hydrogens (tertiary/aromatic N) is 1. The molecular formula is C7H7BrN2OS. The number of fused-ring (bicyclic) bond motifs is 1. The number of hydrogen-bond donors (Lipinski definition) is 1. The van der Waals surface area contributed by atoms with E-state index < -0.39 is 0 Å². The molecule has 0 fully saturated rings. The monoisotopic (exact) mass is 246 g/mol. The number of carbonyl (C=O) groups excluding carboxylic acids is 1. The van der Waals surface area contributed by atoms with Gasteiger partial charge >= 0.3 is 0 Å². The Balaban J connectivity index is 2.44. The average molecular weight is 247 g/mol. The van der Waals surface area contributed by atoms with Crippen LogP contribution in [0, 0.1) is 0 Å². The number of hydrogen-bond acceptors (Lipinski definition) is 3. The van der Waals surface area contributed by atoms with E-state index in [1.165, 1.54) is 0 Å². The molecule has 3 nitrogen and oxygen atoms in total. The molecule has 0 aliphatic carbocycles. The predicted octanol–water partition coefficient (Wildman–Crippen LogP) is 1.58. The molecule has 12 heavy (non-hydrogen) atoms. The molecule has 0 bridgehead atoms. The summed E-state index contributed by atoms with van der Waals surface area (Å²) in [5.41, 5.74) is 0.601. The highest BCUT2D eigenvalue weighted by atomic mass is 79.9. The maximum atomic E-state index is 11.3. The highest BCUT2D eigenvalue weighted by Crippen LogP contribution is 2.25. The van der Waals surface area contributed by atoms with Crippen molar-refractivity contribution in [3.63, 3.8) is 0 Å². The highest BCUT2D eigenvalue weighted by molar-refractivity contribution is 9.11. The lowest BCUT2D eigenvalue weighted by molar-refractivity contribution is 0.0951. The van der Waals surface area contributed by atoms with Crippen molar-refractivity contribution in [1.29, 1.82) is 0 Å². The molecule has 1 aromatic rings. The smallest absolute Gasteiger partial charge is 0.271 e. The van der Waals surface area contributed by atoms with Gasteiger partial charge in [0.15, 0.2) is 3.92 Å². The zero-order chi connectivity index (χ0) is 8.55. The third kappa shape index (κ3) is 1.38. The maximum absolute atomic E-state index is 11.3. The van der Waals surface area contributed by atoms with Crippen LogP contribution in [0.25, 0.3) is 0 Å². The number of halogens is 1. The maximum Gasteiger partial charge on any atom is 0.271 e. The lowest BCUT2D eigenvalue weighted by Gasteiger charge is -1.95. The van der Waals surface area contributed by atoms with Gasteiger partial charge in [-0.1, -0.05) is 0 Å². The number of carbonyl (C=O) groups is 1. The Hall–Kier alpha value is -0.420. The summed E-state index contributed by atoms with van der Waals surface area (Å²) in [5, 5.41) is 2.80. The first-order valence-corrected chi connectivity index (χ1v) is 5.32. The van der Waals surface area contributed by atoms with Crippen molar-refractivity contribution in [2.24, 2.45) is 0 Å². The van der Waals surface area contributed by atoms with Crippen LogP contribution in [0.3, 0.4) is 0 Å². The van der Waals surface area contributed by atoms with Crippen molar-refractivity contribution < 1.29 is 4.79 Å². The number of aryl methyl sites for hydroxylation is 1. The average Bonchev–Trinajstić information content (AvgIpc) is 2.33. The van der Waals surface area contributed by atoms with E-state index in [2.05, 4.69) is 26.2 Å². The van der Waals surface area contributed by atoms with E-state index in [9.17, 15) is 4.79 Å². The molecule has 0 spiro atoms. The van der Waals surface area contributed by atoms with E-state index in [0.29, 0.717) is 5.69 Å². The second-order valence-electron chi connectivity index (χ2n) is 2.60. The molecule has 2 heterocycles. The highest BCUT2D eigenvalue weighted by Gasteiger charge is 2.19. The molecule has 1 amide bonds. The van der Waals surface area contributed by atoms with Crippen LogP contribution in [0.5, 0.6) is 0 Å². The lowest BCUT2D eigenvalue weighted by Crippen LogP contribution is -2.22. The number of nitrogens with one attached hydrogen (secondary N) is 1. The molecule has 0 saturated carbocycles. The second kappa shape index (κ2) is 3.14. The van der Waals surface area contributed by atoms with Crippen molar-refractivity contribution in [2.45, 2.75) is 12.8 Å². The van der Waals surface area contributed by atoms with Crippen molar-refractivity contribution in [2.75, 3.05) is 6.54 Å². The van der Waals surface area contributed by atoms with E-state index in [1.807, 2.05) is 0 Å². The molecule has 1 aliphatic heterocycles. The minimum Gasteiger partial charge on any atom is -0.351 e. The van der Waals surface area contributed by atoms with Gasteiger partial charge in [-0.15, -0.1) is 11.3 Å². The summed E-state index contributed by atoms with van der Waals surface area (Å²) in [6, 6.07) is 0. The van der Waals surface area contributed by atoms with Crippen LogP contribution in [-0.4, -0.2) is 17.4 Å². The standard InChI is InChI=1S/C7H7BrN2OS/c8-7-10-5-4(12-7)2-1-3-9-6(5)11/h1-3H2,(H,9,11). The van der Waals surface area contributed by atoms with Crippen LogP contribution in [0.15, 0.2) is 3.92 Å². The summed E-state index contributed by atoms with van der Waals surface area (Å²) >= 11 is 4.82. The summed E-state index contributed by atoms with van der Waals surface area (Å²) < 4.78 is 0.796. The fourth-order valence-corrected chi connectivity index (χ4v) is 2.79. The minimum atomic E-state index is -0.0375. The van der Waals surface area contributed by atoms with Gasteiger partial charge in [-0.05, 0) is 28.8 Å². The minimum absolute atomic E-state index is 0.0375. The van der Waals surface area contributed by atoms with Gasteiger partial charge in [-0.25, -0.2) is 4.98 Å². The Morgan fingerprint density at radius 1 is 1.58 bits per heavy atom. The number of rotatable bonds is 0. The van der Waals surface area contributed by atoms with Crippen molar-refractivity contribution in [3.05, 3.63) is 14.5 Å². The van der Waals surface area contributed by atoms with Gasteiger partial charge in [0.1, 0.15) is 5.69 Å². The topological polar surface area (TPSA) is 42.0 Å². The summed E-state index contributed by atoms with van der Waals surface area (Å²) in [4.78, 5) is 16.5. The molecule has 0 unspecified atom stereocenters. The Morgan fingerprint density at radius 2 is 2.42 bits per heavy atom. The third-order valence-corrected chi connectivity index (χ3v) is 3.32. The Labute approximate surface area is 82.3 Å². The summed E-state index contributed by atoms with van der Waals surface area (Å²) in [6.45, 7) is 0.763. The van der Waals surface area contributed by atoms with E-state index in [0.717, 1.165) is 28.2 Å². The molecular weight excluding hydrogens is 240 g/mol. The zero-order valence-electron chi connectivity index (χ0n) is 6.26. The number of thiazole rings is 1. The number of amides is 1. The van der Waals surface area contributed by atoms with E-state index >= 15 is 0 Å². The van der Waals surface area contributed by atoms with Crippen LogP contribution in [0.2, 0.25) is 0 Å². The molecule has 0 aromatic carbocycles. The Bertz CT molecular complexity index is 323. The lowest BCUT2D eigenvalue weighted by atomic mass is 10.2. The molecule has 0 radical (unpaired) electrons. The quantitative estimate of drug-likeness (QED) is 0.756. The molecule has 1 aliphatic rings. The van der Waals surface area contributed by atoms with E-state index in [1.54, 1.807) is 11.3 Å². The fraction of sp³-hybridized carbons (Fsp3) is 0.429. The first-order valence-electron chi connectivity index (χ1n) is 3.71. The van der Waals surface area contributed by atoms with Crippen molar-refractivity contribution >= 4 is 33.2 Å². The summed E-state index contributed by atoms with van der Waals surface area (Å²) in [5.74, 6) is -0.0375. The molecule has 64 valence electrons. The predicted molar refractivity (Wildman–Crippen MR) is 50.5 cm³/mol. The van der Waals surface area contributed by atoms with Gasteiger partial charge in [0.05, 0.1) is 0 Å². The normalized spacial score (nSPS) is 16.6. The van der Waals surface area contributed by atoms with Crippen LogP contribution in [0.4, 0.5) is 0 Å². The first kappa shape index (κ1) is 8.19. The first-order chi connectivity index (χ1) is 5.77. The molecule has 0 atom stereocenters.